The van der Waals surface area contributed by atoms with E-state index in [4.69, 9.17) is 10.5 Å². The molecular formula is C17H21NO2. The fourth-order valence-electron chi connectivity index (χ4n) is 2.20. The minimum Gasteiger partial charge on any atom is -0.383 e. The first-order chi connectivity index (χ1) is 9.74. The molecule has 3 N–H and O–H groups in total. The monoisotopic (exact) mass is 271 g/mol. The molecule has 0 saturated heterocycles. The van der Waals surface area contributed by atoms with Crippen LogP contribution in [0, 0.1) is 0 Å². The standard InChI is InChI=1S/C17H21NO2/c18-12-11-17(19,16-9-5-2-6-10-16)14-20-13-15-7-3-1-4-8-15/h1-10,19H,11-14,18H2. The molecule has 3 heteroatoms. The van der Waals surface area contributed by atoms with Crippen LogP contribution in [0.4, 0.5) is 0 Å². The number of hydrogen-bond acceptors (Lipinski definition) is 3. The molecule has 20 heavy (non-hydrogen) atoms. The van der Waals surface area contributed by atoms with Crippen molar-refractivity contribution in [1.82, 2.24) is 0 Å². The minimum absolute atomic E-state index is 0.239. The van der Waals surface area contributed by atoms with Crippen LogP contribution in [0.15, 0.2) is 60.7 Å². The molecule has 0 bridgehead atoms. The Morgan fingerprint density at radius 3 is 2.15 bits per heavy atom. The Kier molecular flexibility index (Phi) is 5.30. The van der Waals surface area contributed by atoms with E-state index in [2.05, 4.69) is 0 Å². The first-order valence-corrected chi connectivity index (χ1v) is 6.84. The minimum atomic E-state index is -1.02. The molecular weight excluding hydrogens is 250 g/mol. The Morgan fingerprint density at radius 1 is 0.950 bits per heavy atom. The summed E-state index contributed by atoms with van der Waals surface area (Å²) >= 11 is 0. The number of ether oxygens (including phenoxy) is 1. The quantitative estimate of drug-likeness (QED) is 0.813. The van der Waals surface area contributed by atoms with Gasteiger partial charge in [0.15, 0.2) is 0 Å². The maximum Gasteiger partial charge on any atom is 0.114 e. The highest BCUT2D eigenvalue weighted by Crippen LogP contribution is 2.25. The summed E-state index contributed by atoms with van der Waals surface area (Å²) in [7, 11) is 0. The Balaban J connectivity index is 1.99. The third kappa shape index (κ3) is 3.90. The van der Waals surface area contributed by atoms with Crippen molar-refractivity contribution in [1.29, 1.82) is 0 Å². The van der Waals surface area contributed by atoms with Crippen LogP contribution >= 0.6 is 0 Å². The molecule has 3 nitrogen and oxygen atoms in total. The highest BCUT2D eigenvalue weighted by atomic mass is 16.5. The molecule has 0 aromatic heterocycles. The Hall–Kier alpha value is -1.68. The largest absolute Gasteiger partial charge is 0.383 e. The first-order valence-electron chi connectivity index (χ1n) is 6.84. The molecule has 0 heterocycles. The first kappa shape index (κ1) is 14.7. The fraction of sp³-hybridized carbons (Fsp3) is 0.294. The van der Waals surface area contributed by atoms with Gasteiger partial charge in [-0.3, -0.25) is 0 Å². The van der Waals surface area contributed by atoms with Crippen LogP contribution < -0.4 is 5.73 Å². The van der Waals surface area contributed by atoms with E-state index in [1.165, 1.54) is 0 Å². The lowest BCUT2D eigenvalue weighted by atomic mass is 9.91. The molecule has 1 unspecified atom stereocenters. The molecule has 0 saturated carbocycles. The second kappa shape index (κ2) is 7.20. The normalized spacial score (nSPS) is 13.9. The van der Waals surface area contributed by atoms with Crippen molar-refractivity contribution in [2.24, 2.45) is 5.73 Å². The van der Waals surface area contributed by atoms with Crippen LogP contribution in [0.1, 0.15) is 17.5 Å². The van der Waals surface area contributed by atoms with Gasteiger partial charge in [0.05, 0.1) is 13.2 Å². The second-order valence-electron chi connectivity index (χ2n) is 4.91. The fourth-order valence-corrected chi connectivity index (χ4v) is 2.20. The molecule has 2 aromatic rings. The van der Waals surface area contributed by atoms with Gasteiger partial charge in [-0.05, 0) is 24.1 Å². The Morgan fingerprint density at radius 2 is 1.55 bits per heavy atom. The van der Waals surface area contributed by atoms with E-state index in [9.17, 15) is 5.11 Å². The molecule has 0 aliphatic rings. The van der Waals surface area contributed by atoms with Crippen molar-refractivity contribution < 1.29 is 9.84 Å². The third-order valence-electron chi connectivity index (χ3n) is 3.32. The van der Waals surface area contributed by atoms with E-state index in [0.717, 1.165) is 11.1 Å². The van der Waals surface area contributed by atoms with E-state index in [1.807, 2.05) is 60.7 Å². The zero-order chi connectivity index (χ0) is 14.3. The van der Waals surface area contributed by atoms with E-state index in [1.54, 1.807) is 0 Å². The van der Waals surface area contributed by atoms with Crippen LogP contribution in [-0.2, 0) is 16.9 Å². The number of benzene rings is 2. The van der Waals surface area contributed by atoms with Crippen LogP contribution in [0.3, 0.4) is 0 Å². The maximum absolute atomic E-state index is 10.8. The van der Waals surface area contributed by atoms with Crippen molar-refractivity contribution in [2.45, 2.75) is 18.6 Å². The van der Waals surface area contributed by atoms with Gasteiger partial charge in [0.2, 0.25) is 0 Å². The van der Waals surface area contributed by atoms with E-state index in [0.29, 0.717) is 19.6 Å². The number of nitrogens with two attached hydrogens (primary N) is 1. The van der Waals surface area contributed by atoms with Crippen LogP contribution in [-0.4, -0.2) is 18.3 Å². The molecule has 2 rings (SSSR count). The summed E-state index contributed by atoms with van der Waals surface area (Å²) in [6.07, 6.45) is 0.478. The van der Waals surface area contributed by atoms with Crippen LogP contribution in [0.25, 0.3) is 0 Å². The third-order valence-corrected chi connectivity index (χ3v) is 3.32. The molecule has 1 atom stereocenters. The molecule has 106 valence electrons. The molecule has 0 radical (unpaired) electrons. The lowest BCUT2D eigenvalue weighted by Crippen LogP contribution is -2.34. The molecule has 0 aliphatic heterocycles. The van der Waals surface area contributed by atoms with Gasteiger partial charge >= 0.3 is 0 Å². The van der Waals surface area contributed by atoms with Crippen molar-refractivity contribution in [3.05, 3.63) is 71.8 Å². The van der Waals surface area contributed by atoms with E-state index >= 15 is 0 Å². The summed E-state index contributed by atoms with van der Waals surface area (Å²) < 4.78 is 5.69. The summed E-state index contributed by atoms with van der Waals surface area (Å²) in [6.45, 7) is 1.14. The summed E-state index contributed by atoms with van der Waals surface area (Å²) in [5, 5.41) is 10.8. The highest BCUT2D eigenvalue weighted by Gasteiger charge is 2.28. The van der Waals surface area contributed by atoms with Gasteiger partial charge in [-0.15, -0.1) is 0 Å². The summed E-state index contributed by atoms with van der Waals surface area (Å²) in [5.74, 6) is 0. The second-order valence-corrected chi connectivity index (χ2v) is 4.91. The SMILES string of the molecule is NCCC(O)(COCc1ccccc1)c1ccccc1. The summed E-state index contributed by atoms with van der Waals surface area (Å²) in [4.78, 5) is 0. The van der Waals surface area contributed by atoms with Gasteiger partial charge in [-0.25, -0.2) is 0 Å². The number of hydrogen-bond donors (Lipinski definition) is 2. The highest BCUT2D eigenvalue weighted by molar-refractivity contribution is 5.22. The predicted octanol–water partition coefficient (Wildman–Crippen LogP) is 2.44. The summed E-state index contributed by atoms with van der Waals surface area (Å²) in [5.41, 5.74) is 6.54. The Labute approximate surface area is 120 Å². The van der Waals surface area contributed by atoms with Crippen molar-refractivity contribution >= 4 is 0 Å². The predicted molar refractivity (Wildman–Crippen MR) is 80.1 cm³/mol. The van der Waals surface area contributed by atoms with Crippen molar-refractivity contribution in [2.75, 3.05) is 13.2 Å². The van der Waals surface area contributed by atoms with Crippen molar-refractivity contribution in [3.8, 4) is 0 Å². The lowest BCUT2D eigenvalue weighted by Gasteiger charge is -2.28. The van der Waals surface area contributed by atoms with Gasteiger partial charge in [0.25, 0.3) is 0 Å². The number of rotatable bonds is 7. The van der Waals surface area contributed by atoms with Crippen LogP contribution in [0.2, 0.25) is 0 Å². The van der Waals surface area contributed by atoms with E-state index < -0.39 is 5.60 Å². The molecule has 0 fully saturated rings. The zero-order valence-electron chi connectivity index (χ0n) is 11.5. The van der Waals surface area contributed by atoms with E-state index in [-0.39, 0.29) is 6.61 Å². The van der Waals surface area contributed by atoms with Gasteiger partial charge < -0.3 is 15.6 Å². The average molecular weight is 271 g/mol. The van der Waals surface area contributed by atoms with Gasteiger partial charge in [0.1, 0.15) is 5.60 Å². The number of aliphatic hydroxyl groups is 1. The topological polar surface area (TPSA) is 55.5 Å². The molecule has 0 aliphatic carbocycles. The average Bonchev–Trinajstić information content (AvgIpc) is 2.49. The van der Waals surface area contributed by atoms with Gasteiger partial charge in [0, 0.05) is 0 Å². The molecule has 2 aromatic carbocycles. The molecule has 0 spiro atoms. The smallest absolute Gasteiger partial charge is 0.114 e. The maximum atomic E-state index is 10.8. The van der Waals surface area contributed by atoms with Crippen LogP contribution in [0.5, 0.6) is 0 Å². The molecule has 0 amide bonds. The van der Waals surface area contributed by atoms with Gasteiger partial charge in [-0.2, -0.15) is 0 Å². The van der Waals surface area contributed by atoms with Crippen molar-refractivity contribution in [3.63, 3.8) is 0 Å². The lowest BCUT2D eigenvalue weighted by molar-refractivity contribution is -0.0602. The summed E-state index contributed by atoms with van der Waals surface area (Å²) in [6, 6.07) is 19.5. The Bertz CT molecular complexity index is 501. The zero-order valence-corrected chi connectivity index (χ0v) is 11.5. The van der Waals surface area contributed by atoms with Gasteiger partial charge in [-0.1, -0.05) is 60.7 Å².